The summed E-state index contributed by atoms with van der Waals surface area (Å²) in [5.41, 5.74) is -1.37. The van der Waals surface area contributed by atoms with Crippen molar-refractivity contribution in [1.29, 1.82) is 0 Å². The molecule has 0 unspecified atom stereocenters. The largest absolute Gasteiger partial charge is 0.504 e. The second-order valence-corrected chi connectivity index (χ2v) is 12.3. The maximum absolute atomic E-state index is 13.4. The number of halogens is 1. The third kappa shape index (κ3) is 5.37. The molecular formula is C25H35ClN4O6S. The van der Waals surface area contributed by atoms with Crippen molar-refractivity contribution in [2.75, 3.05) is 36.8 Å². The van der Waals surface area contributed by atoms with Gasteiger partial charge in [-0.2, -0.15) is 4.31 Å². The van der Waals surface area contributed by atoms with Crippen molar-refractivity contribution in [2.24, 2.45) is 0 Å². The molecule has 204 valence electrons. The van der Waals surface area contributed by atoms with Gasteiger partial charge in [-0.25, -0.2) is 8.42 Å². The third-order valence-corrected chi connectivity index (χ3v) is 9.74. The fourth-order valence-corrected chi connectivity index (χ4v) is 7.05. The Labute approximate surface area is 222 Å². The van der Waals surface area contributed by atoms with Crippen molar-refractivity contribution in [3.8, 4) is 5.75 Å². The zero-order valence-corrected chi connectivity index (χ0v) is 23.2. The van der Waals surface area contributed by atoms with Crippen LogP contribution in [0.4, 0.5) is 17.1 Å². The minimum absolute atomic E-state index is 0.0268. The number of aromatic hydroxyl groups is 1. The van der Waals surface area contributed by atoms with Crippen LogP contribution in [0.25, 0.3) is 0 Å². The van der Waals surface area contributed by atoms with Crippen LogP contribution in [-0.2, 0) is 14.8 Å². The molecule has 2 aliphatic rings. The van der Waals surface area contributed by atoms with Gasteiger partial charge in [-0.15, -0.1) is 0 Å². The standard InChI is InChI=1S/C25H35ClN4O6S/c1-5-17(19-9-6-15(4)36-19)27-20-21(24(33)23(20)32)28-18-8-7-16(26)25(22(18)31)37(34,35)30-12-10-29(11-13-30)14(2)3/h7-8,14-15,17,19,27-28,31H,5-6,9-13H2,1-4H3/t15-,17-,19-/m1/s1. The second-order valence-electron chi connectivity index (χ2n) is 10.1. The summed E-state index contributed by atoms with van der Waals surface area (Å²) in [6, 6.07) is 2.85. The molecule has 2 aromatic carbocycles. The molecule has 3 atom stereocenters. The summed E-state index contributed by atoms with van der Waals surface area (Å²) in [5.74, 6) is -0.599. The summed E-state index contributed by atoms with van der Waals surface area (Å²) < 4.78 is 34.1. The highest BCUT2D eigenvalue weighted by molar-refractivity contribution is 7.89. The minimum Gasteiger partial charge on any atom is -0.504 e. The van der Waals surface area contributed by atoms with Crippen LogP contribution in [0.1, 0.15) is 47.0 Å². The van der Waals surface area contributed by atoms with Crippen molar-refractivity contribution in [2.45, 2.75) is 76.1 Å². The maximum atomic E-state index is 13.4. The molecule has 2 saturated heterocycles. The Hall–Kier alpha value is -2.18. The Kier molecular flexibility index (Phi) is 8.20. The Morgan fingerprint density at radius 1 is 1.11 bits per heavy atom. The number of benzene rings is 1. The first-order valence-electron chi connectivity index (χ1n) is 12.7. The highest BCUT2D eigenvalue weighted by Crippen LogP contribution is 2.40. The fourth-order valence-electron chi connectivity index (χ4n) is 5.04. The van der Waals surface area contributed by atoms with E-state index < -0.39 is 31.5 Å². The SMILES string of the molecule is CC[C@@H](Nc1c(Nc2ccc(Cl)c(S(=O)(=O)N3CCN(C(C)C)CC3)c2O)c(=O)c1=O)[C@H]1CC[C@@H](C)O1. The van der Waals surface area contributed by atoms with Crippen LogP contribution in [0, 0.1) is 0 Å². The van der Waals surface area contributed by atoms with Gasteiger partial charge in [0.15, 0.2) is 5.75 Å². The molecule has 3 N–H and O–H groups in total. The van der Waals surface area contributed by atoms with Crippen molar-refractivity contribution in [3.63, 3.8) is 0 Å². The van der Waals surface area contributed by atoms with E-state index in [1.807, 2.05) is 13.8 Å². The Bertz CT molecular complexity index is 1320. The van der Waals surface area contributed by atoms with E-state index >= 15 is 0 Å². The van der Waals surface area contributed by atoms with E-state index in [1.54, 1.807) is 0 Å². The van der Waals surface area contributed by atoms with Gasteiger partial charge in [0.05, 0.1) is 29.0 Å². The van der Waals surface area contributed by atoms with Crippen molar-refractivity contribution < 1.29 is 18.3 Å². The fraction of sp³-hybridized carbons (Fsp3) is 0.600. The Balaban J connectivity index is 1.58. The number of phenolic OH excluding ortho intramolecular Hbond substituents is 1. The molecule has 0 amide bonds. The van der Waals surface area contributed by atoms with Gasteiger partial charge in [0.1, 0.15) is 16.3 Å². The first-order chi connectivity index (χ1) is 17.4. The van der Waals surface area contributed by atoms with Crippen molar-refractivity contribution >= 4 is 38.7 Å². The lowest BCUT2D eigenvalue weighted by Gasteiger charge is -2.36. The molecule has 0 aliphatic carbocycles. The Morgan fingerprint density at radius 3 is 2.32 bits per heavy atom. The zero-order valence-electron chi connectivity index (χ0n) is 21.6. The summed E-state index contributed by atoms with van der Waals surface area (Å²) in [7, 11) is -4.11. The quantitative estimate of drug-likeness (QED) is 0.316. The predicted molar refractivity (Wildman–Crippen MR) is 144 cm³/mol. The van der Waals surface area contributed by atoms with Gasteiger partial charge in [-0.3, -0.25) is 14.5 Å². The number of phenols is 1. The van der Waals surface area contributed by atoms with E-state index in [4.69, 9.17) is 16.3 Å². The molecular weight excluding hydrogens is 520 g/mol. The smallest absolute Gasteiger partial charge is 0.253 e. The van der Waals surface area contributed by atoms with E-state index in [0.29, 0.717) is 25.6 Å². The molecule has 2 fully saturated rings. The van der Waals surface area contributed by atoms with Gasteiger partial charge in [0, 0.05) is 32.2 Å². The predicted octanol–water partition coefficient (Wildman–Crippen LogP) is 2.86. The highest BCUT2D eigenvalue weighted by atomic mass is 35.5. The van der Waals surface area contributed by atoms with Crippen LogP contribution in [-0.4, -0.2) is 73.2 Å². The van der Waals surface area contributed by atoms with Gasteiger partial charge in [-0.1, -0.05) is 18.5 Å². The van der Waals surface area contributed by atoms with Gasteiger partial charge in [0.2, 0.25) is 10.0 Å². The van der Waals surface area contributed by atoms with Crippen molar-refractivity contribution in [3.05, 3.63) is 37.6 Å². The van der Waals surface area contributed by atoms with Crippen LogP contribution >= 0.6 is 11.6 Å². The summed E-state index contributed by atoms with van der Waals surface area (Å²) >= 11 is 6.26. The van der Waals surface area contributed by atoms with Crippen LogP contribution in [0.15, 0.2) is 26.6 Å². The molecule has 0 bridgehead atoms. The van der Waals surface area contributed by atoms with Crippen LogP contribution < -0.4 is 21.5 Å². The van der Waals surface area contributed by atoms with E-state index in [9.17, 15) is 23.1 Å². The molecule has 2 heterocycles. The van der Waals surface area contributed by atoms with Gasteiger partial charge in [0.25, 0.3) is 10.9 Å². The molecule has 2 aliphatic heterocycles. The first-order valence-corrected chi connectivity index (χ1v) is 14.6. The monoisotopic (exact) mass is 554 g/mol. The number of hydrogen-bond acceptors (Lipinski definition) is 9. The molecule has 0 radical (unpaired) electrons. The molecule has 37 heavy (non-hydrogen) atoms. The van der Waals surface area contributed by atoms with E-state index in [1.165, 1.54) is 16.4 Å². The number of sulfonamides is 1. The molecule has 4 rings (SSSR count). The average molecular weight is 555 g/mol. The van der Waals surface area contributed by atoms with Crippen molar-refractivity contribution in [1.82, 2.24) is 9.21 Å². The normalized spacial score (nSPS) is 22.5. The average Bonchev–Trinajstić information content (AvgIpc) is 3.30. The van der Waals surface area contributed by atoms with Gasteiger partial charge >= 0.3 is 0 Å². The number of hydrogen-bond donors (Lipinski definition) is 3. The molecule has 10 nitrogen and oxygen atoms in total. The molecule has 12 heteroatoms. The summed E-state index contributed by atoms with van der Waals surface area (Å²) in [4.78, 5) is 26.6. The molecule has 0 saturated carbocycles. The van der Waals surface area contributed by atoms with Crippen LogP contribution in [0.3, 0.4) is 0 Å². The first kappa shape index (κ1) is 27.8. The summed E-state index contributed by atoms with van der Waals surface area (Å²) in [6.07, 6.45) is 2.48. The zero-order chi connectivity index (χ0) is 27.1. The Morgan fingerprint density at radius 2 is 1.76 bits per heavy atom. The van der Waals surface area contributed by atoms with Gasteiger partial charge in [-0.05, 0) is 52.2 Å². The number of rotatable bonds is 9. The topological polar surface area (TPSA) is 128 Å². The lowest BCUT2D eigenvalue weighted by molar-refractivity contribution is 0.0438. The number of piperazine rings is 1. The van der Waals surface area contributed by atoms with Crippen LogP contribution in [0.2, 0.25) is 5.02 Å². The summed E-state index contributed by atoms with van der Waals surface area (Å²) in [6.45, 7) is 9.72. The van der Waals surface area contributed by atoms with Crippen LogP contribution in [0.5, 0.6) is 5.75 Å². The molecule has 0 spiro atoms. The lowest BCUT2D eigenvalue weighted by Crippen LogP contribution is -2.50. The summed E-state index contributed by atoms with van der Waals surface area (Å²) in [5, 5.41) is 16.8. The van der Waals surface area contributed by atoms with E-state index in [-0.39, 0.29) is 53.4 Å². The van der Waals surface area contributed by atoms with E-state index in [2.05, 4.69) is 29.4 Å². The lowest BCUT2D eigenvalue weighted by atomic mass is 10.0. The second kappa shape index (κ2) is 10.9. The number of nitrogens with one attached hydrogen (secondary N) is 2. The molecule has 2 aromatic rings. The molecule has 0 aromatic heterocycles. The number of anilines is 3. The maximum Gasteiger partial charge on any atom is 0.253 e. The van der Waals surface area contributed by atoms with E-state index in [0.717, 1.165) is 12.8 Å². The minimum atomic E-state index is -4.11. The number of nitrogens with zero attached hydrogens (tertiary/aromatic N) is 2. The highest BCUT2D eigenvalue weighted by Gasteiger charge is 2.35. The third-order valence-electron chi connectivity index (χ3n) is 7.34. The number of ether oxygens (including phenoxy) is 1. The van der Waals surface area contributed by atoms with Gasteiger partial charge < -0.3 is 20.5 Å².